The number of carbonyl (C=O) groups excluding carboxylic acids is 1. The number of aldehydes is 1. The maximum Gasteiger partial charge on any atom is 0.410 e. The fraction of sp³-hybridized carbons (Fsp3) is 0.0556. The maximum absolute atomic E-state index is 11.2. The number of aryl methyl sites for hydroxylation is 1. The Kier molecular flexibility index (Phi) is 3.88. The number of hydrogen-bond acceptors (Lipinski definition) is 5. The lowest BCUT2D eigenvalue weighted by Crippen LogP contribution is -2.08. The third-order valence-electron chi connectivity index (χ3n) is 4.01. The van der Waals surface area contributed by atoms with Gasteiger partial charge in [-0.05, 0) is 31.2 Å². The summed E-state index contributed by atoms with van der Waals surface area (Å²) >= 11 is 0. The number of carboxylic acid groups (broad SMARTS) is 1. The molecule has 4 heterocycles. The van der Waals surface area contributed by atoms with Crippen molar-refractivity contribution >= 4 is 23.7 Å². The molecule has 2 N–H and O–H groups in total. The van der Waals surface area contributed by atoms with Crippen LogP contribution in [-0.2, 0) is 0 Å². The van der Waals surface area contributed by atoms with Crippen molar-refractivity contribution < 1.29 is 14.7 Å². The van der Waals surface area contributed by atoms with E-state index in [4.69, 9.17) is 5.11 Å². The number of nitrogens with zero attached hydrogens (tertiary/aromatic N) is 5. The first-order valence-electron chi connectivity index (χ1n) is 8.02. The van der Waals surface area contributed by atoms with Crippen LogP contribution >= 0.6 is 0 Å². The van der Waals surface area contributed by atoms with E-state index >= 15 is 0 Å². The van der Waals surface area contributed by atoms with Gasteiger partial charge in [0.1, 0.15) is 0 Å². The molecule has 0 aromatic carbocycles. The van der Waals surface area contributed by atoms with Crippen LogP contribution in [0.2, 0.25) is 0 Å². The fourth-order valence-corrected chi connectivity index (χ4v) is 2.83. The Morgan fingerprint density at radius 1 is 1.26 bits per heavy atom. The molecule has 4 aromatic rings. The van der Waals surface area contributed by atoms with Gasteiger partial charge in [0.2, 0.25) is 0 Å². The number of hydrogen-bond donors (Lipinski definition) is 2. The highest BCUT2D eigenvalue weighted by Gasteiger charge is 2.15. The van der Waals surface area contributed by atoms with Gasteiger partial charge in [0, 0.05) is 23.5 Å². The first-order chi connectivity index (χ1) is 13.0. The molecule has 0 atom stereocenters. The molecule has 0 fully saturated rings. The summed E-state index contributed by atoms with van der Waals surface area (Å²) in [5, 5.41) is 19.7. The molecule has 0 radical (unpaired) electrons. The molecule has 1 amide bonds. The van der Waals surface area contributed by atoms with E-state index in [2.05, 4.69) is 20.5 Å². The molecule has 4 aromatic heterocycles. The van der Waals surface area contributed by atoms with Gasteiger partial charge in [-0.15, -0.1) is 5.10 Å². The first kappa shape index (κ1) is 16.5. The van der Waals surface area contributed by atoms with Crippen LogP contribution in [0.15, 0.2) is 48.8 Å². The average Bonchev–Trinajstić information content (AvgIpc) is 3.24. The van der Waals surface area contributed by atoms with Crippen LogP contribution in [0.5, 0.6) is 0 Å². The molecule has 9 nitrogen and oxygen atoms in total. The van der Waals surface area contributed by atoms with Crippen molar-refractivity contribution in [2.24, 2.45) is 0 Å². The highest BCUT2D eigenvalue weighted by molar-refractivity contribution is 5.88. The molecule has 0 saturated heterocycles. The summed E-state index contributed by atoms with van der Waals surface area (Å²) in [6.07, 6.45) is 2.74. The van der Waals surface area contributed by atoms with E-state index in [1.54, 1.807) is 33.6 Å². The minimum absolute atomic E-state index is 0.171. The smallest absolute Gasteiger partial charge is 0.410 e. The van der Waals surface area contributed by atoms with Crippen LogP contribution in [0.4, 0.5) is 10.6 Å². The minimum Gasteiger partial charge on any atom is -0.465 e. The molecule has 0 unspecified atom stereocenters. The van der Waals surface area contributed by atoms with Gasteiger partial charge in [-0.25, -0.2) is 19.0 Å². The third-order valence-corrected chi connectivity index (χ3v) is 4.01. The SMILES string of the molecule is Cc1cccc(-n2nc(NC(=O)O)cc2-c2ccn3ncc(C=O)c3c2)n1. The maximum atomic E-state index is 11.2. The zero-order chi connectivity index (χ0) is 19.0. The monoisotopic (exact) mass is 362 g/mol. The minimum atomic E-state index is -1.21. The summed E-state index contributed by atoms with van der Waals surface area (Å²) < 4.78 is 3.15. The zero-order valence-electron chi connectivity index (χ0n) is 14.2. The van der Waals surface area contributed by atoms with Crippen LogP contribution in [0, 0.1) is 6.92 Å². The van der Waals surface area contributed by atoms with Crippen LogP contribution in [0.3, 0.4) is 0 Å². The van der Waals surface area contributed by atoms with Gasteiger partial charge in [-0.1, -0.05) is 6.07 Å². The molecule has 134 valence electrons. The molecule has 4 rings (SSSR count). The Bertz CT molecular complexity index is 1180. The number of nitrogens with one attached hydrogen (secondary N) is 1. The van der Waals surface area contributed by atoms with Crippen LogP contribution < -0.4 is 5.32 Å². The topological polar surface area (TPSA) is 114 Å². The van der Waals surface area contributed by atoms with Crippen LogP contribution in [-0.4, -0.2) is 41.9 Å². The fourth-order valence-electron chi connectivity index (χ4n) is 2.83. The first-order valence-corrected chi connectivity index (χ1v) is 8.02. The third kappa shape index (κ3) is 3.01. The van der Waals surface area contributed by atoms with E-state index in [-0.39, 0.29) is 5.82 Å². The Balaban J connectivity index is 1.91. The molecular weight excluding hydrogens is 348 g/mol. The normalized spacial score (nSPS) is 10.9. The lowest BCUT2D eigenvalue weighted by Gasteiger charge is -2.08. The summed E-state index contributed by atoms with van der Waals surface area (Å²) in [7, 11) is 0. The van der Waals surface area contributed by atoms with Crippen molar-refractivity contribution in [1.29, 1.82) is 0 Å². The molecule has 27 heavy (non-hydrogen) atoms. The largest absolute Gasteiger partial charge is 0.465 e. The number of pyridine rings is 2. The molecule has 0 spiro atoms. The predicted molar refractivity (Wildman–Crippen MR) is 97.3 cm³/mol. The number of fused-ring (bicyclic) bond motifs is 1. The molecule has 0 bridgehead atoms. The highest BCUT2D eigenvalue weighted by Crippen LogP contribution is 2.27. The van der Waals surface area contributed by atoms with Gasteiger partial charge < -0.3 is 5.11 Å². The second-order valence-electron chi connectivity index (χ2n) is 5.86. The quantitative estimate of drug-likeness (QED) is 0.540. The highest BCUT2D eigenvalue weighted by atomic mass is 16.4. The summed E-state index contributed by atoms with van der Waals surface area (Å²) in [4.78, 5) is 26.7. The average molecular weight is 362 g/mol. The Morgan fingerprint density at radius 2 is 2.11 bits per heavy atom. The molecule has 0 aliphatic carbocycles. The van der Waals surface area contributed by atoms with Gasteiger partial charge in [0.25, 0.3) is 0 Å². The van der Waals surface area contributed by atoms with E-state index in [1.807, 2.05) is 25.1 Å². The van der Waals surface area contributed by atoms with Crippen molar-refractivity contribution in [3.8, 4) is 17.1 Å². The predicted octanol–water partition coefficient (Wildman–Crippen LogP) is 2.79. The Hall–Kier alpha value is -4.01. The number of aromatic nitrogens is 5. The van der Waals surface area contributed by atoms with Crippen LogP contribution in [0.25, 0.3) is 22.6 Å². The second-order valence-corrected chi connectivity index (χ2v) is 5.86. The van der Waals surface area contributed by atoms with Gasteiger partial charge in [0.05, 0.1) is 23.0 Å². The number of anilines is 1. The molecular formula is C18H14N6O3. The van der Waals surface area contributed by atoms with Gasteiger partial charge in [-0.3, -0.25) is 10.1 Å². The zero-order valence-corrected chi connectivity index (χ0v) is 14.2. The van der Waals surface area contributed by atoms with E-state index in [1.165, 1.54) is 6.20 Å². The molecule has 0 saturated carbocycles. The van der Waals surface area contributed by atoms with Crippen molar-refractivity contribution in [2.45, 2.75) is 6.92 Å². The summed E-state index contributed by atoms with van der Waals surface area (Å²) in [5.41, 5.74) is 3.26. The summed E-state index contributed by atoms with van der Waals surface area (Å²) in [5.74, 6) is 0.720. The van der Waals surface area contributed by atoms with E-state index in [0.717, 1.165) is 17.5 Å². The summed E-state index contributed by atoms with van der Waals surface area (Å²) in [6, 6.07) is 10.7. The lowest BCUT2D eigenvalue weighted by molar-refractivity contribution is 0.112. The number of amides is 1. The van der Waals surface area contributed by atoms with Gasteiger partial charge in [0.15, 0.2) is 17.9 Å². The number of carbonyl (C=O) groups is 2. The molecule has 0 aliphatic rings. The second kappa shape index (κ2) is 6.37. The van der Waals surface area contributed by atoms with Crippen molar-refractivity contribution in [1.82, 2.24) is 24.4 Å². The van der Waals surface area contributed by atoms with E-state index < -0.39 is 6.09 Å². The Morgan fingerprint density at radius 3 is 2.85 bits per heavy atom. The van der Waals surface area contributed by atoms with Crippen molar-refractivity contribution in [3.05, 3.63) is 60.0 Å². The summed E-state index contributed by atoms with van der Waals surface area (Å²) in [6.45, 7) is 1.86. The number of rotatable bonds is 4. The molecule has 9 heteroatoms. The van der Waals surface area contributed by atoms with Gasteiger partial charge >= 0.3 is 6.09 Å². The standard InChI is InChI=1S/C18H14N6O3/c1-11-3-2-4-17(20-11)24-15(8-16(22-24)21-18(26)27)12-5-6-23-14(7-12)13(10-25)9-19-23/h2-10H,1H3,(H,21,22)(H,26,27). The van der Waals surface area contributed by atoms with Crippen molar-refractivity contribution in [3.63, 3.8) is 0 Å². The van der Waals surface area contributed by atoms with Crippen LogP contribution in [0.1, 0.15) is 16.1 Å². The van der Waals surface area contributed by atoms with Crippen molar-refractivity contribution in [2.75, 3.05) is 5.32 Å². The Labute approximate surface area is 152 Å². The van der Waals surface area contributed by atoms with Gasteiger partial charge in [-0.2, -0.15) is 5.10 Å². The van der Waals surface area contributed by atoms with E-state index in [0.29, 0.717) is 22.6 Å². The van der Waals surface area contributed by atoms with E-state index in [9.17, 15) is 9.59 Å². The molecule has 0 aliphatic heterocycles. The lowest BCUT2D eigenvalue weighted by atomic mass is 10.1.